The van der Waals surface area contributed by atoms with Crippen LogP contribution < -0.4 is 16.0 Å². The number of amides is 2. The number of aromatic hydroxyl groups is 1. The molecule has 6 N–H and O–H groups in total. The highest BCUT2D eigenvalue weighted by Gasteiger charge is 2.22. The molecular weight excluding hydrogens is 624 g/mol. The lowest BCUT2D eigenvalue weighted by molar-refractivity contribution is -0.138. The van der Waals surface area contributed by atoms with E-state index >= 15 is 0 Å². The van der Waals surface area contributed by atoms with Crippen molar-refractivity contribution in [2.45, 2.75) is 70.0 Å². The molecule has 250 valence electrons. The topological polar surface area (TPSA) is 187 Å². The fourth-order valence-electron chi connectivity index (χ4n) is 4.94. The Morgan fingerprint density at radius 3 is 2.34 bits per heavy atom. The number of aryl methyl sites for hydroxylation is 1. The highest BCUT2D eigenvalue weighted by Crippen LogP contribution is 2.29. The van der Waals surface area contributed by atoms with Crippen molar-refractivity contribution in [2.24, 2.45) is 0 Å². The summed E-state index contributed by atoms with van der Waals surface area (Å²) in [7, 11) is -3.59. The maximum absolute atomic E-state index is 12.7. The minimum atomic E-state index is -3.59. The third-order valence-corrected chi connectivity index (χ3v) is 9.12. The van der Waals surface area contributed by atoms with Gasteiger partial charge in [0.25, 0.3) is 0 Å². The van der Waals surface area contributed by atoms with E-state index < -0.39 is 33.5 Å². The van der Waals surface area contributed by atoms with E-state index in [1.807, 2.05) is 12.1 Å². The number of carbonyl (C=O) groups excluding carboxylic acids is 2. The van der Waals surface area contributed by atoms with Gasteiger partial charge in [0.05, 0.1) is 10.6 Å². The van der Waals surface area contributed by atoms with Crippen LogP contribution in [0, 0.1) is 0 Å². The molecule has 47 heavy (non-hydrogen) atoms. The van der Waals surface area contributed by atoms with Gasteiger partial charge in [0.1, 0.15) is 5.60 Å². The second-order valence-corrected chi connectivity index (χ2v) is 14.3. The number of sulfone groups is 1. The van der Waals surface area contributed by atoms with Crippen LogP contribution in [0.5, 0.6) is 5.88 Å². The second-order valence-electron chi connectivity index (χ2n) is 12.1. The summed E-state index contributed by atoms with van der Waals surface area (Å²) in [5.74, 6) is -1.44. The van der Waals surface area contributed by atoms with Crippen LogP contribution in [0.15, 0.2) is 71.8 Å². The van der Waals surface area contributed by atoms with E-state index in [0.717, 1.165) is 10.9 Å². The van der Waals surface area contributed by atoms with Gasteiger partial charge in [-0.3, -0.25) is 4.79 Å². The van der Waals surface area contributed by atoms with Crippen molar-refractivity contribution in [3.05, 3.63) is 83.6 Å². The van der Waals surface area contributed by atoms with Gasteiger partial charge in [0.2, 0.25) is 5.91 Å². The monoisotopic (exact) mass is 664 g/mol. The van der Waals surface area contributed by atoms with Crippen LogP contribution in [0.25, 0.3) is 10.8 Å². The summed E-state index contributed by atoms with van der Waals surface area (Å²) in [4.78, 5) is 39.8. The molecule has 2 amide bonds. The summed E-state index contributed by atoms with van der Waals surface area (Å²) in [6, 6.07) is 15.8. The van der Waals surface area contributed by atoms with Gasteiger partial charge in [-0.1, -0.05) is 37.3 Å². The van der Waals surface area contributed by atoms with Crippen molar-refractivity contribution in [2.75, 3.05) is 16.4 Å². The Kier molecular flexibility index (Phi) is 10.8. The van der Waals surface area contributed by atoms with Crippen LogP contribution >= 0.6 is 0 Å². The molecule has 3 aromatic carbocycles. The lowest BCUT2D eigenvalue weighted by Gasteiger charge is -2.20. The number of carbonyl (C=O) groups is 3. The number of fused-ring (bicyclic) bond motifs is 1. The predicted octanol–water partition coefficient (Wildman–Crippen LogP) is 5.89. The first-order chi connectivity index (χ1) is 22.1. The molecule has 0 aliphatic heterocycles. The van der Waals surface area contributed by atoms with E-state index in [1.165, 1.54) is 25.1 Å². The quantitative estimate of drug-likeness (QED) is 0.101. The Morgan fingerprint density at radius 1 is 0.979 bits per heavy atom. The summed E-state index contributed by atoms with van der Waals surface area (Å²) >= 11 is 0. The number of anilines is 2. The molecule has 4 rings (SSSR count). The molecule has 0 saturated heterocycles. The van der Waals surface area contributed by atoms with Gasteiger partial charge >= 0.3 is 12.1 Å². The molecule has 1 heterocycles. The number of aromatic amines is 1. The summed E-state index contributed by atoms with van der Waals surface area (Å²) in [5, 5.41) is 29.6. The van der Waals surface area contributed by atoms with Crippen molar-refractivity contribution in [3.63, 3.8) is 0 Å². The summed E-state index contributed by atoms with van der Waals surface area (Å²) in [6.45, 7) is 6.59. The van der Waals surface area contributed by atoms with E-state index in [2.05, 4.69) is 20.9 Å². The minimum Gasteiger partial charge on any atom is -0.494 e. The summed E-state index contributed by atoms with van der Waals surface area (Å²) in [6.07, 6.45) is 2.25. The van der Waals surface area contributed by atoms with Gasteiger partial charge in [-0.05, 0) is 80.6 Å². The molecule has 12 nitrogen and oxygen atoms in total. The van der Waals surface area contributed by atoms with E-state index in [1.54, 1.807) is 57.3 Å². The van der Waals surface area contributed by atoms with Crippen LogP contribution in [-0.2, 0) is 37.1 Å². The Hall–Kier alpha value is -5.04. The van der Waals surface area contributed by atoms with Crippen LogP contribution in [-0.4, -0.2) is 52.9 Å². The average molecular weight is 665 g/mol. The molecule has 0 aliphatic carbocycles. The lowest BCUT2D eigenvalue weighted by Crippen LogP contribution is -2.32. The number of aromatic nitrogens is 1. The maximum Gasteiger partial charge on any atom is 0.407 e. The van der Waals surface area contributed by atoms with E-state index in [4.69, 9.17) is 4.74 Å². The molecule has 1 aromatic heterocycles. The SMILES string of the molecule is CCS(=O)(=O)c1ccc(NC(=O)CCCc2ccc(C(Nc3ccc4c[nH]c(O)c4c3)C(=O)O)cc2)cc1CNC(=O)OC(C)(C)C. The average Bonchev–Trinajstić information content (AvgIpc) is 3.38. The predicted molar refractivity (Wildman–Crippen MR) is 179 cm³/mol. The highest BCUT2D eigenvalue weighted by molar-refractivity contribution is 7.91. The number of alkyl carbamates (subject to hydrolysis) is 1. The highest BCUT2D eigenvalue weighted by atomic mass is 32.2. The van der Waals surface area contributed by atoms with E-state index in [-0.39, 0.29) is 35.4 Å². The summed E-state index contributed by atoms with van der Waals surface area (Å²) in [5.41, 5.74) is 2.02. The third-order valence-electron chi connectivity index (χ3n) is 7.29. The first kappa shape index (κ1) is 34.8. The zero-order chi connectivity index (χ0) is 34.4. The van der Waals surface area contributed by atoms with Crippen molar-refractivity contribution in [1.29, 1.82) is 0 Å². The molecule has 0 spiro atoms. The largest absolute Gasteiger partial charge is 0.494 e. The molecule has 0 radical (unpaired) electrons. The summed E-state index contributed by atoms with van der Waals surface area (Å²) < 4.78 is 30.5. The van der Waals surface area contributed by atoms with Gasteiger partial charge < -0.3 is 35.9 Å². The molecule has 0 saturated carbocycles. The first-order valence-corrected chi connectivity index (χ1v) is 16.8. The fraction of sp³-hybridized carbons (Fsp3) is 0.324. The standard InChI is InChI=1S/C34H40N4O8S/c1-5-47(44,45)28-16-15-25(17-24(28)20-36-33(43)46-34(2,3)4)37-29(39)8-6-7-21-9-11-22(12-10-21)30(32(41)42)38-26-14-13-23-19-35-31(40)27(23)18-26/h9-19,30,35,38,40H,5-8,20H2,1-4H3,(H,36,43)(H,37,39)(H,41,42). The molecular formula is C34H40N4O8S. The lowest BCUT2D eigenvalue weighted by atomic mass is 10.0. The Labute approximate surface area is 273 Å². The van der Waals surface area contributed by atoms with Crippen LogP contribution in [0.2, 0.25) is 0 Å². The smallest absolute Gasteiger partial charge is 0.407 e. The number of carboxylic acids is 1. The van der Waals surface area contributed by atoms with E-state index in [9.17, 15) is 33.0 Å². The number of hydrogen-bond donors (Lipinski definition) is 6. The number of H-pyrrole nitrogens is 1. The minimum absolute atomic E-state index is 0.00577. The van der Waals surface area contributed by atoms with Gasteiger partial charge in [0.15, 0.2) is 21.8 Å². The van der Waals surface area contributed by atoms with Gasteiger partial charge in [-0.25, -0.2) is 18.0 Å². The number of aliphatic carboxylic acids is 1. The Bertz CT molecular complexity index is 1860. The normalized spacial score (nSPS) is 12.3. The molecule has 0 bridgehead atoms. The number of nitrogens with one attached hydrogen (secondary N) is 4. The van der Waals surface area contributed by atoms with Crippen LogP contribution in [0.4, 0.5) is 16.2 Å². The number of ether oxygens (including phenoxy) is 1. The number of benzene rings is 3. The molecule has 4 aromatic rings. The second kappa shape index (κ2) is 14.6. The van der Waals surface area contributed by atoms with Crippen LogP contribution in [0.3, 0.4) is 0 Å². The first-order valence-electron chi connectivity index (χ1n) is 15.2. The van der Waals surface area contributed by atoms with Crippen molar-refractivity contribution in [1.82, 2.24) is 10.3 Å². The van der Waals surface area contributed by atoms with Crippen molar-refractivity contribution in [3.8, 4) is 5.88 Å². The number of carboxylic acid groups (broad SMARTS) is 1. The zero-order valence-corrected chi connectivity index (χ0v) is 27.5. The van der Waals surface area contributed by atoms with Gasteiger partial charge in [-0.2, -0.15) is 0 Å². The van der Waals surface area contributed by atoms with Crippen LogP contribution in [0.1, 0.15) is 63.3 Å². The fourth-order valence-corrected chi connectivity index (χ4v) is 6.06. The zero-order valence-electron chi connectivity index (χ0n) is 26.7. The molecule has 0 aliphatic rings. The van der Waals surface area contributed by atoms with Crippen molar-refractivity contribution >= 4 is 50.0 Å². The molecule has 1 atom stereocenters. The molecule has 0 fully saturated rings. The van der Waals surface area contributed by atoms with Crippen molar-refractivity contribution < 1.29 is 37.8 Å². The van der Waals surface area contributed by atoms with E-state index in [0.29, 0.717) is 40.7 Å². The molecule has 13 heteroatoms. The maximum atomic E-state index is 12.7. The third kappa shape index (κ3) is 9.49. The van der Waals surface area contributed by atoms with Gasteiger partial charge in [0, 0.05) is 41.3 Å². The Morgan fingerprint density at radius 2 is 1.68 bits per heavy atom. The number of hydrogen-bond acceptors (Lipinski definition) is 8. The Balaban J connectivity index is 1.34. The molecule has 1 unspecified atom stereocenters. The van der Waals surface area contributed by atoms with Gasteiger partial charge in [-0.15, -0.1) is 0 Å². The number of rotatable bonds is 13.